The fourth-order valence-electron chi connectivity index (χ4n) is 1.25. The highest BCUT2D eigenvalue weighted by Crippen LogP contribution is 2.03. The van der Waals surface area contributed by atoms with Crippen molar-refractivity contribution in [2.75, 3.05) is 0 Å². The fourth-order valence-corrected chi connectivity index (χ4v) is 1.25. The summed E-state index contributed by atoms with van der Waals surface area (Å²) in [5.74, 6) is 1.78. The number of unbranched alkanes of at least 4 members (excludes halogenated alkanes) is 1. The van der Waals surface area contributed by atoms with E-state index >= 15 is 0 Å². The largest absolute Gasteiger partial charge is 0.446 e. The Labute approximate surface area is 124 Å². The van der Waals surface area contributed by atoms with Crippen molar-refractivity contribution in [1.82, 2.24) is 10.4 Å². The summed E-state index contributed by atoms with van der Waals surface area (Å²) in [7, 11) is 0. The van der Waals surface area contributed by atoms with Crippen LogP contribution in [0, 0.1) is 12.3 Å². The standard InChI is InChI=1S/C14H22N2O5/c1-6-7-8-9-12(17)16(14(19)21-11(4)5)15-13(18)20-10(2)3/h1,10-11H,7-9H2,2-5H3,(H,15,18). The van der Waals surface area contributed by atoms with Crippen LogP contribution in [0.25, 0.3) is 0 Å². The SMILES string of the molecule is C#CCCCC(=O)N(NC(=O)OC(C)C)C(=O)OC(C)C. The molecule has 0 saturated heterocycles. The molecule has 0 unspecified atom stereocenters. The number of terminal acetylenes is 1. The molecule has 0 aliphatic carbocycles. The number of nitrogens with zero attached hydrogens (tertiary/aromatic N) is 1. The van der Waals surface area contributed by atoms with Crippen LogP contribution in [0.1, 0.15) is 47.0 Å². The van der Waals surface area contributed by atoms with Crippen LogP contribution in [0.4, 0.5) is 9.59 Å². The van der Waals surface area contributed by atoms with Gasteiger partial charge in [0.1, 0.15) is 0 Å². The second kappa shape index (κ2) is 9.64. The Morgan fingerprint density at radius 2 is 1.71 bits per heavy atom. The van der Waals surface area contributed by atoms with E-state index in [1.165, 1.54) is 0 Å². The van der Waals surface area contributed by atoms with Crippen LogP contribution >= 0.6 is 0 Å². The van der Waals surface area contributed by atoms with Crippen molar-refractivity contribution < 1.29 is 23.9 Å². The summed E-state index contributed by atoms with van der Waals surface area (Å²) >= 11 is 0. The van der Waals surface area contributed by atoms with Gasteiger partial charge in [-0.3, -0.25) is 4.79 Å². The average Bonchev–Trinajstić information content (AvgIpc) is 2.34. The lowest BCUT2D eigenvalue weighted by molar-refractivity contribution is -0.132. The van der Waals surface area contributed by atoms with Gasteiger partial charge in [0.15, 0.2) is 0 Å². The van der Waals surface area contributed by atoms with Gasteiger partial charge in [-0.25, -0.2) is 15.0 Å². The summed E-state index contributed by atoms with van der Waals surface area (Å²) in [6, 6.07) is 0. The second-order valence-electron chi connectivity index (χ2n) is 4.79. The predicted molar refractivity (Wildman–Crippen MR) is 75.9 cm³/mol. The molecule has 7 nitrogen and oxygen atoms in total. The van der Waals surface area contributed by atoms with E-state index in [9.17, 15) is 14.4 Å². The van der Waals surface area contributed by atoms with Gasteiger partial charge in [0.2, 0.25) is 0 Å². The Bertz CT molecular complexity index is 412. The molecule has 21 heavy (non-hydrogen) atoms. The van der Waals surface area contributed by atoms with E-state index in [2.05, 4.69) is 11.3 Å². The highest BCUT2D eigenvalue weighted by Gasteiger charge is 2.26. The number of carbonyl (C=O) groups excluding carboxylic acids is 3. The van der Waals surface area contributed by atoms with Crippen molar-refractivity contribution in [2.24, 2.45) is 0 Å². The zero-order valence-corrected chi connectivity index (χ0v) is 12.8. The quantitative estimate of drug-likeness (QED) is 0.478. The zero-order chi connectivity index (χ0) is 16.4. The summed E-state index contributed by atoms with van der Waals surface area (Å²) in [4.78, 5) is 35.3. The molecule has 0 fully saturated rings. The second-order valence-corrected chi connectivity index (χ2v) is 4.79. The molecule has 0 aliphatic rings. The third-order valence-electron chi connectivity index (χ3n) is 2.03. The molecule has 0 rings (SSSR count). The van der Waals surface area contributed by atoms with Gasteiger partial charge in [0.25, 0.3) is 5.91 Å². The van der Waals surface area contributed by atoms with E-state index in [-0.39, 0.29) is 12.5 Å². The maximum atomic E-state index is 11.9. The minimum atomic E-state index is -0.962. The van der Waals surface area contributed by atoms with E-state index in [0.717, 1.165) is 0 Å². The molecule has 0 aliphatic heterocycles. The lowest BCUT2D eigenvalue weighted by Gasteiger charge is -2.22. The van der Waals surface area contributed by atoms with E-state index < -0.39 is 24.2 Å². The molecule has 1 N–H and O–H groups in total. The number of ether oxygens (including phenoxy) is 2. The van der Waals surface area contributed by atoms with Crippen molar-refractivity contribution in [3.63, 3.8) is 0 Å². The van der Waals surface area contributed by atoms with Gasteiger partial charge in [-0.15, -0.1) is 17.4 Å². The highest BCUT2D eigenvalue weighted by molar-refractivity contribution is 5.93. The predicted octanol–water partition coefficient (Wildman–Crippen LogP) is 2.21. The maximum absolute atomic E-state index is 11.9. The zero-order valence-electron chi connectivity index (χ0n) is 12.8. The van der Waals surface area contributed by atoms with Crippen molar-refractivity contribution >= 4 is 18.1 Å². The van der Waals surface area contributed by atoms with Gasteiger partial charge in [-0.1, -0.05) is 0 Å². The molecular weight excluding hydrogens is 276 g/mol. The van der Waals surface area contributed by atoms with Crippen LogP contribution in [0.3, 0.4) is 0 Å². The summed E-state index contributed by atoms with van der Waals surface area (Å²) in [6.07, 6.45) is 3.23. The number of amides is 3. The van der Waals surface area contributed by atoms with Crippen LogP contribution in [-0.2, 0) is 14.3 Å². The molecule has 0 bridgehead atoms. The third kappa shape index (κ3) is 8.52. The summed E-state index contributed by atoms with van der Waals surface area (Å²) in [5, 5.41) is 0.515. The normalized spacial score (nSPS) is 9.95. The van der Waals surface area contributed by atoms with Crippen molar-refractivity contribution in [2.45, 2.75) is 59.2 Å². The molecule has 0 saturated carbocycles. The summed E-state index contributed by atoms with van der Waals surface area (Å²) in [5.41, 5.74) is 2.08. The first-order valence-electron chi connectivity index (χ1n) is 6.72. The first kappa shape index (κ1) is 18.8. The summed E-state index contributed by atoms with van der Waals surface area (Å²) < 4.78 is 9.73. The molecule has 7 heteroatoms. The van der Waals surface area contributed by atoms with E-state index in [1.54, 1.807) is 27.7 Å². The number of hydrogen-bond donors (Lipinski definition) is 1. The Balaban J connectivity index is 4.75. The van der Waals surface area contributed by atoms with Crippen molar-refractivity contribution in [1.29, 1.82) is 0 Å². The lowest BCUT2D eigenvalue weighted by atomic mass is 10.2. The fraction of sp³-hybridized carbons (Fsp3) is 0.643. The third-order valence-corrected chi connectivity index (χ3v) is 2.03. The number of hydrogen-bond acceptors (Lipinski definition) is 5. The van der Waals surface area contributed by atoms with Gasteiger partial charge in [0, 0.05) is 12.8 Å². The Morgan fingerprint density at radius 1 is 1.14 bits per heavy atom. The van der Waals surface area contributed by atoms with Gasteiger partial charge in [0.05, 0.1) is 12.2 Å². The van der Waals surface area contributed by atoms with E-state index in [1.807, 2.05) is 0 Å². The topological polar surface area (TPSA) is 84.9 Å². The van der Waals surface area contributed by atoms with Gasteiger partial charge >= 0.3 is 12.2 Å². The van der Waals surface area contributed by atoms with Crippen LogP contribution in [0.2, 0.25) is 0 Å². The first-order chi connectivity index (χ1) is 9.77. The lowest BCUT2D eigenvalue weighted by Crippen LogP contribution is -2.51. The number of carbonyl (C=O) groups is 3. The maximum Gasteiger partial charge on any atom is 0.436 e. The minimum Gasteiger partial charge on any atom is -0.446 e. The highest BCUT2D eigenvalue weighted by atomic mass is 16.6. The van der Waals surface area contributed by atoms with Crippen molar-refractivity contribution in [3.05, 3.63) is 0 Å². The van der Waals surface area contributed by atoms with Gasteiger partial charge in [-0.2, -0.15) is 0 Å². The van der Waals surface area contributed by atoms with Crippen LogP contribution < -0.4 is 5.43 Å². The summed E-state index contributed by atoms with van der Waals surface area (Å²) in [6.45, 7) is 6.55. The first-order valence-corrected chi connectivity index (χ1v) is 6.72. The average molecular weight is 298 g/mol. The van der Waals surface area contributed by atoms with E-state index in [4.69, 9.17) is 15.9 Å². The molecular formula is C14H22N2O5. The molecule has 3 amide bonds. The Kier molecular flexibility index (Phi) is 8.62. The van der Waals surface area contributed by atoms with Gasteiger partial charge in [-0.05, 0) is 34.1 Å². The smallest absolute Gasteiger partial charge is 0.436 e. The van der Waals surface area contributed by atoms with Crippen LogP contribution in [0.5, 0.6) is 0 Å². The minimum absolute atomic E-state index is 0.0132. The molecule has 118 valence electrons. The van der Waals surface area contributed by atoms with Crippen LogP contribution in [-0.4, -0.2) is 35.3 Å². The molecule has 0 spiro atoms. The molecule has 0 radical (unpaired) electrons. The molecule has 0 heterocycles. The number of rotatable bonds is 5. The molecule has 0 aromatic heterocycles. The molecule has 0 atom stereocenters. The number of hydrazine groups is 1. The van der Waals surface area contributed by atoms with Gasteiger partial charge < -0.3 is 9.47 Å². The monoisotopic (exact) mass is 298 g/mol. The number of imide groups is 1. The van der Waals surface area contributed by atoms with Crippen molar-refractivity contribution in [3.8, 4) is 12.3 Å². The van der Waals surface area contributed by atoms with Crippen LogP contribution in [0.15, 0.2) is 0 Å². The molecule has 0 aromatic rings. The van der Waals surface area contributed by atoms with E-state index in [0.29, 0.717) is 17.9 Å². The number of nitrogens with one attached hydrogen (secondary N) is 1. The molecule has 0 aromatic carbocycles. The Morgan fingerprint density at radius 3 is 2.19 bits per heavy atom. The Hall–Kier alpha value is -2.23.